The van der Waals surface area contributed by atoms with E-state index in [2.05, 4.69) is 46.4 Å². The molecule has 194 valence electrons. The number of benzene rings is 3. The van der Waals surface area contributed by atoms with Crippen LogP contribution in [-0.4, -0.2) is 34.3 Å². The fourth-order valence-corrected chi connectivity index (χ4v) is 4.90. The molecule has 0 amide bonds. The molecule has 6 rings (SSSR count). The van der Waals surface area contributed by atoms with Gasteiger partial charge in [-0.15, -0.1) is 5.10 Å². The van der Waals surface area contributed by atoms with Gasteiger partial charge in [-0.1, -0.05) is 29.8 Å². The molecule has 9 nitrogen and oxygen atoms in total. The van der Waals surface area contributed by atoms with Crippen molar-refractivity contribution in [1.29, 1.82) is 0 Å². The number of rotatable bonds is 4. The van der Waals surface area contributed by atoms with Crippen molar-refractivity contribution in [2.24, 2.45) is 0 Å². The second-order valence-electron chi connectivity index (χ2n) is 10.2. The van der Waals surface area contributed by atoms with Gasteiger partial charge in [-0.05, 0) is 68.8 Å². The van der Waals surface area contributed by atoms with Crippen LogP contribution in [0.25, 0.3) is 50.6 Å². The normalized spacial score (nSPS) is 11.8. The highest BCUT2D eigenvalue weighted by atomic mass is 35.5. The first-order chi connectivity index (χ1) is 18.7. The highest BCUT2D eigenvalue weighted by Gasteiger charge is 2.25. The van der Waals surface area contributed by atoms with Gasteiger partial charge < -0.3 is 16.0 Å². The molecule has 0 atom stereocenters. The van der Waals surface area contributed by atoms with E-state index in [0.717, 1.165) is 44.8 Å². The van der Waals surface area contributed by atoms with Crippen molar-refractivity contribution in [1.82, 2.24) is 34.3 Å². The van der Waals surface area contributed by atoms with Crippen LogP contribution in [0.1, 0.15) is 20.8 Å². The number of nitrogens with two attached hydrogens (primary N) is 2. The summed E-state index contributed by atoms with van der Waals surface area (Å²) in [4.78, 5) is 17.9. The molecule has 0 saturated carbocycles. The Balaban J connectivity index is 1.54. The molecule has 0 saturated heterocycles. The topological polar surface area (TPSA) is 126 Å². The standard InChI is InChI=1S/C29H26ClN9/c1-29(2,3)39-25-10-8-17(18-14-33-28(32)34-15-18)12-23(25)36-27(39)21-13-19(31)9-11-24(21)38-16-35-26(37-38)20-6-4-5-7-22(20)30/h4-16H,31H2,1-3H3,(H2,32,33,34). The van der Waals surface area contributed by atoms with Crippen molar-refractivity contribution in [2.45, 2.75) is 26.3 Å². The predicted octanol–water partition coefficient (Wildman–Crippen LogP) is 5.98. The van der Waals surface area contributed by atoms with Crippen LogP contribution >= 0.6 is 11.6 Å². The summed E-state index contributed by atoms with van der Waals surface area (Å²) in [5.74, 6) is 1.53. The van der Waals surface area contributed by atoms with Gasteiger partial charge in [-0.3, -0.25) is 0 Å². The maximum Gasteiger partial charge on any atom is 0.219 e. The van der Waals surface area contributed by atoms with E-state index in [4.69, 9.17) is 33.2 Å². The third-order valence-electron chi connectivity index (χ3n) is 6.45. The molecular formula is C29H26ClN9. The van der Waals surface area contributed by atoms with E-state index in [-0.39, 0.29) is 11.5 Å². The van der Waals surface area contributed by atoms with Crippen LogP contribution in [0.3, 0.4) is 0 Å². The first-order valence-electron chi connectivity index (χ1n) is 12.4. The number of nitrogens with zero attached hydrogens (tertiary/aromatic N) is 7. The van der Waals surface area contributed by atoms with Crippen LogP contribution in [0.15, 0.2) is 79.4 Å². The summed E-state index contributed by atoms with van der Waals surface area (Å²) in [7, 11) is 0. The number of nitrogen functional groups attached to an aromatic ring is 2. The highest BCUT2D eigenvalue weighted by Crippen LogP contribution is 2.36. The quantitative estimate of drug-likeness (QED) is 0.266. The van der Waals surface area contributed by atoms with Crippen LogP contribution in [0, 0.1) is 0 Å². The van der Waals surface area contributed by atoms with E-state index in [0.29, 0.717) is 16.5 Å². The summed E-state index contributed by atoms with van der Waals surface area (Å²) in [6.07, 6.45) is 5.10. The van der Waals surface area contributed by atoms with Crippen LogP contribution in [-0.2, 0) is 5.54 Å². The number of imidazole rings is 1. The zero-order valence-corrected chi connectivity index (χ0v) is 22.4. The van der Waals surface area contributed by atoms with Gasteiger partial charge in [0.25, 0.3) is 0 Å². The Morgan fingerprint density at radius 3 is 2.33 bits per heavy atom. The van der Waals surface area contributed by atoms with E-state index in [1.807, 2.05) is 54.6 Å². The van der Waals surface area contributed by atoms with Crippen molar-refractivity contribution in [3.05, 3.63) is 84.4 Å². The zero-order chi connectivity index (χ0) is 27.3. The minimum atomic E-state index is -0.289. The Hall–Kier alpha value is -4.76. The first kappa shape index (κ1) is 24.6. The van der Waals surface area contributed by atoms with Crippen LogP contribution in [0.2, 0.25) is 5.02 Å². The third-order valence-corrected chi connectivity index (χ3v) is 6.77. The number of anilines is 2. The third kappa shape index (κ3) is 4.46. The van der Waals surface area contributed by atoms with Crippen molar-refractivity contribution in [2.75, 3.05) is 11.5 Å². The number of hydrogen-bond acceptors (Lipinski definition) is 7. The summed E-state index contributed by atoms with van der Waals surface area (Å²) in [5.41, 5.74) is 18.3. The minimum absolute atomic E-state index is 0.235. The Morgan fingerprint density at radius 1 is 0.821 bits per heavy atom. The Labute approximate surface area is 230 Å². The lowest BCUT2D eigenvalue weighted by Crippen LogP contribution is -2.23. The van der Waals surface area contributed by atoms with E-state index in [9.17, 15) is 0 Å². The molecule has 4 N–H and O–H groups in total. The molecular weight excluding hydrogens is 510 g/mol. The molecule has 10 heteroatoms. The molecule has 3 aromatic heterocycles. The van der Waals surface area contributed by atoms with Gasteiger partial charge in [-0.2, -0.15) is 0 Å². The van der Waals surface area contributed by atoms with E-state index < -0.39 is 0 Å². The fourth-order valence-electron chi connectivity index (χ4n) is 4.68. The second kappa shape index (κ2) is 9.21. The number of halogens is 1. The smallest absolute Gasteiger partial charge is 0.219 e. The van der Waals surface area contributed by atoms with Gasteiger partial charge in [0.2, 0.25) is 5.95 Å². The van der Waals surface area contributed by atoms with Gasteiger partial charge in [0.05, 0.1) is 21.7 Å². The van der Waals surface area contributed by atoms with Crippen molar-refractivity contribution in [3.63, 3.8) is 0 Å². The minimum Gasteiger partial charge on any atom is -0.399 e. The zero-order valence-electron chi connectivity index (χ0n) is 21.7. The number of fused-ring (bicyclic) bond motifs is 1. The van der Waals surface area contributed by atoms with Crippen molar-refractivity contribution < 1.29 is 0 Å². The molecule has 6 aromatic rings. The SMILES string of the molecule is CC(C)(C)n1c(-c2cc(N)ccc2-n2cnc(-c3ccccc3Cl)n2)nc2cc(-c3cnc(N)nc3)ccc21. The fraction of sp³-hybridized carbons (Fsp3) is 0.138. The molecule has 0 radical (unpaired) electrons. The highest BCUT2D eigenvalue weighted by molar-refractivity contribution is 6.33. The molecule has 0 fully saturated rings. The Bertz CT molecular complexity index is 1830. The largest absolute Gasteiger partial charge is 0.399 e. The van der Waals surface area contributed by atoms with Gasteiger partial charge >= 0.3 is 0 Å². The van der Waals surface area contributed by atoms with Gasteiger partial charge in [-0.25, -0.2) is 24.6 Å². The summed E-state index contributed by atoms with van der Waals surface area (Å²) >= 11 is 6.41. The summed E-state index contributed by atoms with van der Waals surface area (Å²) in [6, 6.07) is 19.3. The lowest BCUT2D eigenvalue weighted by molar-refractivity contribution is 0.413. The van der Waals surface area contributed by atoms with E-state index in [1.54, 1.807) is 23.4 Å². The lowest BCUT2D eigenvalue weighted by atomic mass is 10.0. The first-order valence-corrected chi connectivity index (χ1v) is 12.7. The van der Waals surface area contributed by atoms with Gasteiger partial charge in [0, 0.05) is 40.3 Å². The second-order valence-corrected chi connectivity index (χ2v) is 10.7. The molecule has 0 bridgehead atoms. The summed E-state index contributed by atoms with van der Waals surface area (Å²) in [6.45, 7) is 6.45. The summed E-state index contributed by atoms with van der Waals surface area (Å²) < 4.78 is 3.95. The molecule has 0 aliphatic carbocycles. The number of hydrogen-bond donors (Lipinski definition) is 2. The van der Waals surface area contributed by atoms with E-state index in [1.165, 1.54) is 0 Å². The Kier molecular flexibility index (Phi) is 5.80. The van der Waals surface area contributed by atoms with Crippen molar-refractivity contribution >= 4 is 34.3 Å². The summed E-state index contributed by atoms with van der Waals surface area (Å²) in [5, 5.41) is 5.34. The maximum absolute atomic E-state index is 6.41. The molecule has 0 unspecified atom stereocenters. The molecule has 39 heavy (non-hydrogen) atoms. The number of aromatic nitrogens is 7. The molecule has 0 spiro atoms. The predicted molar refractivity (Wildman–Crippen MR) is 155 cm³/mol. The average molecular weight is 536 g/mol. The maximum atomic E-state index is 6.41. The average Bonchev–Trinajstić information content (AvgIpc) is 3.54. The van der Waals surface area contributed by atoms with Gasteiger partial charge in [0.1, 0.15) is 12.2 Å². The molecule has 0 aliphatic rings. The molecule has 3 heterocycles. The van der Waals surface area contributed by atoms with Crippen LogP contribution in [0.4, 0.5) is 11.6 Å². The van der Waals surface area contributed by atoms with Crippen molar-refractivity contribution in [3.8, 4) is 39.6 Å². The van der Waals surface area contributed by atoms with Gasteiger partial charge in [0.15, 0.2) is 5.82 Å². The molecule has 0 aliphatic heterocycles. The lowest BCUT2D eigenvalue weighted by Gasteiger charge is -2.25. The monoisotopic (exact) mass is 535 g/mol. The molecule has 3 aromatic carbocycles. The van der Waals surface area contributed by atoms with Crippen LogP contribution < -0.4 is 11.5 Å². The van der Waals surface area contributed by atoms with Crippen LogP contribution in [0.5, 0.6) is 0 Å². The Morgan fingerprint density at radius 2 is 1.59 bits per heavy atom. The van der Waals surface area contributed by atoms with E-state index >= 15 is 0 Å².